The maximum Gasteiger partial charge on any atom is 0.221 e. The van der Waals surface area contributed by atoms with Crippen molar-refractivity contribution in [3.8, 4) is 0 Å². The van der Waals surface area contributed by atoms with E-state index in [1.54, 1.807) is 6.92 Å². The van der Waals surface area contributed by atoms with Crippen LogP contribution in [0.2, 0.25) is 0 Å². The first kappa shape index (κ1) is 16.6. The molecule has 0 bridgehead atoms. The third-order valence-electron chi connectivity index (χ3n) is 3.12. The Balaban J connectivity index is 2.49. The quantitative estimate of drug-likeness (QED) is 0.808. The van der Waals surface area contributed by atoms with Crippen molar-refractivity contribution in [2.45, 2.75) is 39.7 Å². The molecule has 1 amide bonds. The van der Waals surface area contributed by atoms with Crippen LogP contribution in [0, 0.1) is 18.6 Å². The highest BCUT2D eigenvalue weighted by Gasteiger charge is 2.13. The molecular weight excluding hydrogens is 262 g/mol. The van der Waals surface area contributed by atoms with Crippen LogP contribution >= 0.6 is 0 Å². The SMILES string of the molecule is CCCNC(=O)CCNC(C)c1cc(F)c(C)cc1F. The molecule has 20 heavy (non-hydrogen) atoms. The molecule has 0 aliphatic heterocycles. The van der Waals surface area contributed by atoms with Crippen molar-refractivity contribution in [3.05, 3.63) is 34.9 Å². The summed E-state index contributed by atoms with van der Waals surface area (Å²) in [4.78, 5) is 11.4. The van der Waals surface area contributed by atoms with Crippen LogP contribution in [0.5, 0.6) is 0 Å². The topological polar surface area (TPSA) is 41.1 Å². The van der Waals surface area contributed by atoms with Crippen molar-refractivity contribution in [3.63, 3.8) is 0 Å². The van der Waals surface area contributed by atoms with Crippen LogP contribution in [0.25, 0.3) is 0 Å². The Morgan fingerprint density at radius 2 is 1.95 bits per heavy atom. The molecule has 1 rings (SSSR count). The van der Waals surface area contributed by atoms with Gasteiger partial charge in [-0.25, -0.2) is 8.78 Å². The van der Waals surface area contributed by atoms with E-state index in [-0.39, 0.29) is 23.1 Å². The molecule has 0 saturated heterocycles. The second-order valence-corrected chi connectivity index (χ2v) is 4.90. The number of benzene rings is 1. The van der Waals surface area contributed by atoms with E-state index in [2.05, 4.69) is 10.6 Å². The lowest BCUT2D eigenvalue weighted by atomic mass is 10.0. The van der Waals surface area contributed by atoms with Crippen molar-refractivity contribution in [2.24, 2.45) is 0 Å². The summed E-state index contributed by atoms with van der Waals surface area (Å²) in [5.41, 5.74) is 0.569. The molecule has 112 valence electrons. The van der Waals surface area contributed by atoms with Gasteiger partial charge in [-0.1, -0.05) is 6.92 Å². The molecule has 0 heterocycles. The third-order valence-corrected chi connectivity index (χ3v) is 3.12. The van der Waals surface area contributed by atoms with Gasteiger partial charge in [-0.2, -0.15) is 0 Å². The Morgan fingerprint density at radius 1 is 1.25 bits per heavy atom. The standard InChI is InChI=1S/C15H22F2N2O/c1-4-6-19-15(20)5-7-18-11(3)12-9-13(16)10(2)8-14(12)17/h8-9,11,18H,4-7H2,1-3H3,(H,19,20). The number of amides is 1. The molecule has 0 saturated carbocycles. The number of hydrogen-bond donors (Lipinski definition) is 2. The van der Waals surface area contributed by atoms with Gasteiger partial charge in [0.15, 0.2) is 0 Å². The largest absolute Gasteiger partial charge is 0.356 e. The van der Waals surface area contributed by atoms with Gasteiger partial charge in [-0.3, -0.25) is 4.79 Å². The number of halogens is 2. The van der Waals surface area contributed by atoms with Gasteiger partial charge in [0.2, 0.25) is 5.91 Å². The first-order chi connectivity index (χ1) is 9.45. The summed E-state index contributed by atoms with van der Waals surface area (Å²) >= 11 is 0. The Hall–Kier alpha value is -1.49. The van der Waals surface area contributed by atoms with E-state index < -0.39 is 11.6 Å². The summed E-state index contributed by atoms with van der Waals surface area (Å²) < 4.78 is 27.2. The molecule has 3 nitrogen and oxygen atoms in total. The minimum Gasteiger partial charge on any atom is -0.356 e. The molecule has 0 radical (unpaired) electrons. The maximum atomic E-state index is 13.7. The summed E-state index contributed by atoms with van der Waals surface area (Å²) in [7, 11) is 0. The molecule has 1 aromatic rings. The molecule has 5 heteroatoms. The van der Waals surface area contributed by atoms with E-state index in [1.807, 2.05) is 6.92 Å². The number of carbonyl (C=O) groups is 1. The average Bonchev–Trinajstić information content (AvgIpc) is 2.40. The Morgan fingerprint density at radius 3 is 2.60 bits per heavy atom. The molecule has 0 aliphatic carbocycles. The van der Waals surface area contributed by atoms with Gasteiger partial charge in [0, 0.05) is 31.1 Å². The molecule has 0 fully saturated rings. The number of hydrogen-bond acceptors (Lipinski definition) is 2. The Kier molecular flexibility index (Phi) is 6.58. The first-order valence-electron chi connectivity index (χ1n) is 6.91. The van der Waals surface area contributed by atoms with Crippen molar-refractivity contribution in [2.75, 3.05) is 13.1 Å². The number of nitrogens with one attached hydrogen (secondary N) is 2. The first-order valence-corrected chi connectivity index (χ1v) is 6.91. The summed E-state index contributed by atoms with van der Waals surface area (Å²) in [6.07, 6.45) is 1.21. The van der Waals surface area contributed by atoms with Crippen molar-refractivity contribution >= 4 is 5.91 Å². The summed E-state index contributed by atoms with van der Waals surface area (Å²) in [5, 5.41) is 5.79. The molecule has 0 aromatic heterocycles. The predicted octanol–water partition coefficient (Wildman–Crippen LogP) is 2.84. The number of rotatable bonds is 7. The second-order valence-electron chi connectivity index (χ2n) is 4.90. The van der Waals surface area contributed by atoms with Gasteiger partial charge in [0.05, 0.1) is 0 Å². The minimum atomic E-state index is -0.431. The van der Waals surface area contributed by atoms with Crippen molar-refractivity contribution in [1.82, 2.24) is 10.6 Å². The van der Waals surface area contributed by atoms with E-state index in [1.165, 1.54) is 19.1 Å². The lowest BCUT2D eigenvalue weighted by Crippen LogP contribution is -2.29. The fourth-order valence-electron chi connectivity index (χ4n) is 1.86. The van der Waals surface area contributed by atoms with Crippen LogP contribution < -0.4 is 10.6 Å². The normalized spacial score (nSPS) is 12.2. The second kappa shape index (κ2) is 7.94. The monoisotopic (exact) mass is 284 g/mol. The minimum absolute atomic E-state index is 0.0397. The van der Waals surface area contributed by atoms with E-state index in [0.717, 1.165) is 6.42 Å². The molecule has 2 N–H and O–H groups in total. The van der Waals surface area contributed by atoms with E-state index in [0.29, 0.717) is 19.5 Å². The average molecular weight is 284 g/mol. The van der Waals surface area contributed by atoms with Crippen LogP contribution in [-0.2, 0) is 4.79 Å². The predicted molar refractivity (Wildman–Crippen MR) is 75.4 cm³/mol. The third kappa shape index (κ3) is 4.89. The van der Waals surface area contributed by atoms with Gasteiger partial charge >= 0.3 is 0 Å². The maximum absolute atomic E-state index is 13.7. The van der Waals surface area contributed by atoms with Gasteiger partial charge in [-0.15, -0.1) is 0 Å². The van der Waals surface area contributed by atoms with Gasteiger partial charge in [-0.05, 0) is 38.0 Å². The molecule has 1 atom stereocenters. The Labute approximate surface area is 118 Å². The van der Waals surface area contributed by atoms with Gasteiger partial charge in [0.25, 0.3) is 0 Å². The molecule has 0 spiro atoms. The van der Waals surface area contributed by atoms with E-state index in [4.69, 9.17) is 0 Å². The lowest BCUT2D eigenvalue weighted by molar-refractivity contribution is -0.121. The molecule has 1 unspecified atom stereocenters. The molecular formula is C15H22F2N2O. The fourth-order valence-corrected chi connectivity index (χ4v) is 1.86. The molecule has 0 aliphatic rings. The van der Waals surface area contributed by atoms with Crippen molar-refractivity contribution < 1.29 is 13.6 Å². The Bertz CT molecular complexity index is 463. The summed E-state index contributed by atoms with van der Waals surface area (Å²) in [6, 6.07) is 2.06. The zero-order chi connectivity index (χ0) is 15.1. The van der Waals surface area contributed by atoms with Crippen LogP contribution in [0.15, 0.2) is 12.1 Å². The highest BCUT2D eigenvalue weighted by Crippen LogP contribution is 2.20. The van der Waals surface area contributed by atoms with Gasteiger partial charge < -0.3 is 10.6 Å². The summed E-state index contributed by atoms with van der Waals surface area (Å²) in [6.45, 7) is 6.34. The zero-order valence-corrected chi connectivity index (χ0v) is 12.2. The zero-order valence-electron chi connectivity index (χ0n) is 12.2. The van der Waals surface area contributed by atoms with Crippen LogP contribution in [-0.4, -0.2) is 19.0 Å². The molecule has 1 aromatic carbocycles. The number of carbonyl (C=O) groups excluding carboxylic acids is 1. The van der Waals surface area contributed by atoms with E-state index >= 15 is 0 Å². The van der Waals surface area contributed by atoms with Crippen LogP contribution in [0.4, 0.5) is 8.78 Å². The fraction of sp³-hybridized carbons (Fsp3) is 0.533. The lowest BCUT2D eigenvalue weighted by Gasteiger charge is -2.15. The van der Waals surface area contributed by atoms with Crippen LogP contribution in [0.3, 0.4) is 0 Å². The van der Waals surface area contributed by atoms with E-state index in [9.17, 15) is 13.6 Å². The highest BCUT2D eigenvalue weighted by molar-refractivity contribution is 5.75. The van der Waals surface area contributed by atoms with Gasteiger partial charge in [0.1, 0.15) is 11.6 Å². The smallest absolute Gasteiger partial charge is 0.221 e. The summed E-state index contributed by atoms with van der Waals surface area (Å²) in [5.74, 6) is -0.891. The van der Waals surface area contributed by atoms with Crippen molar-refractivity contribution in [1.29, 1.82) is 0 Å². The number of aryl methyl sites for hydroxylation is 1. The highest BCUT2D eigenvalue weighted by atomic mass is 19.1. The van der Waals surface area contributed by atoms with Crippen LogP contribution in [0.1, 0.15) is 43.9 Å².